The van der Waals surface area contributed by atoms with Crippen LogP contribution in [0, 0.1) is 17.8 Å². The van der Waals surface area contributed by atoms with Crippen molar-refractivity contribution in [2.75, 3.05) is 20.2 Å². The van der Waals surface area contributed by atoms with Crippen LogP contribution in [0.2, 0.25) is 0 Å². The maximum atomic E-state index is 12.8. The van der Waals surface area contributed by atoms with Crippen LogP contribution in [0.5, 0.6) is 0 Å². The minimum absolute atomic E-state index is 0.0147. The summed E-state index contributed by atoms with van der Waals surface area (Å²) in [6.07, 6.45) is 5.58. The van der Waals surface area contributed by atoms with Gasteiger partial charge in [-0.05, 0) is 59.3 Å². The number of hydrogen-bond acceptors (Lipinski definition) is 7. The van der Waals surface area contributed by atoms with E-state index in [1.165, 1.54) is 16.5 Å². The third kappa shape index (κ3) is 6.22. The zero-order chi connectivity index (χ0) is 26.0. The van der Waals surface area contributed by atoms with E-state index in [1.54, 1.807) is 12.0 Å². The molecule has 1 aliphatic heterocycles. The minimum Gasteiger partial charge on any atom is -0.476 e. The zero-order valence-corrected chi connectivity index (χ0v) is 21.7. The van der Waals surface area contributed by atoms with Gasteiger partial charge in [-0.15, -0.1) is 5.10 Å². The van der Waals surface area contributed by atoms with E-state index in [2.05, 4.69) is 37.2 Å². The molecule has 1 unspecified atom stereocenters. The number of carboxylic acids is 1. The van der Waals surface area contributed by atoms with Crippen LogP contribution in [0.15, 0.2) is 17.8 Å². The summed E-state index contributed by atoms with van der Waals surface area (Å²) < 4.78 is 13.3. The maximum absolute atomic E-state index is 12.8. The molecular formula is C25H40N4O6. The summed E-state index contributed by atoms with van der Waals surface area (Å²) in [4.78, 5) is 25.4. The third-order valence-electron chi connectivity index (χ3n) is 7.93. The predicted molar refractivity (Wildman–Crippen MR) is 129 cm³/mol. The number of aromatic nitrogens is 3. The number of aromatic carboxylic acids is 1. The highest BCUT2D eigenvalue weighted by atomic mass is 16.6. The monoisotopic (exact) mass is 492 g/mol. The number of nitrogens with zero attached hydrogens (tertiary/aromatic N) is 4. The van der Waals surface area contributed by atoms with Crippen LogP contribution in [0.3, 0.4) is 0 Å². The summed E-state index contributed by atoms with van der Waals surface area (Å²) in [5.74, 6) is -1.12. The Labute approximate surface area is 207 Å². The molecule has 35 heavy (non-hydrogen) atoms. The van der Waals surface area contributed by atoms with Crippen molar-refractivity contribution >= 4 is 12.1 Å². The quantitative estimate of drug-likeness (QED) is 0.503. The summed E-state index contributed by atoms with van der Waals surface area (Å²) in [7, 11) is 1.69. The number of aliphatic hydroxyl groups is 1. The summed E-state index contributed by atoms with van der Waals surface area (Å²) in [6.45, 7) is 11.6. The summed E-state index contributed by atoms with van der Waals surface area (Å²) in [5.41, 5.74) is -0.366. The molecule has 5 atom stereocenters. The van der Waals surface area contributed by atoms with Crippen molar-refractivity contribution < 1.29 is 29.3 Å². The Balaban J connectivity index is 1.56. The SMILES string of the molecule is CO[C@]1(C)CC[C@@H](OC(=O)N2CC(Cn3cc(C(=O)O)nn3)C2)C[C@@H]1[C@@](C)(O)C(C)CC=C(C)C. The largest absolute Gasteiger partial charge is 0.476 e. The van der Waals surface area contributed by atoms with E-state index in [0.717, 1.165) is 6.42 Å². The number of carbonyl (C=O) groups is 2. The second kappa shape index (κ2) is 10.7. The van der Waals surface area contributed by atoms with Crippen LogP contribution in [-0.4, -0.2) is 79.7 Å². The predicted octanol–water partition coefficient (Wildman–Crippen LogP) is 3.36. The lowest BCUT2D eigenvalue weighted by molar-refractivity contribution is -0.180. The van der Waals surface area contributed by atoms with E-state index in [9.17, 15) is 14.7 Å². The van der Waals surface area contributed by atoms with E-state index in [1.807, 2.05) is 13.8 Å². The molecule has 2 fully saturated rings. The van der Waals surface area contributed by atoms with Gasteiger partial charge < -0.3 is 24.6 Å². The number of carbonyl (C=O) groups excluding carboxylic acids is 1. The normalized spacial score (nSPS) is 27.5. The molecule has 2 N–H and O–H groups in total. The average Bonchev–Trinajstić information content (AvgIpc) is 3.24. The fraction of sp³-hybridized carbons (Fsp3) is 0.760. The molecule has 0 aromatic carbocycles. The van der Waals surface area contributed by atoms with Gasteiger partial charge in [-0.25, -0.2) is 9.59 Å². The van der Waals surface area contributed by atoms with Crippen LogP contribution < -0.4 is 0 Å². The maximum Gasteiger partial charge on any atom is 0.410 e. The Hall–Kier alpha value is -2.46. The summed E-state index contributed by atoms with van der Waals surface area (Å²) in [5, 5.41) is 28.0. The number of methoxy groups -OCH3 is 1. The molecule has 0 bridgehead atoms. The molecule has 2 aliphatic rings. The van der Waals surface area contributed by atoms with Crippen molar-refractivity contribution in [1.82, 2.24) is 19.9 Å². The van der Waals surface area contributed by atoms with Crippen molar-refractivity contribution in [2.45, 2.75) is 84.2 Å². The number of hydrogen-bond donors (Lipinski definition) is 2. The van der Waals surface area contributed by atoms with Gasteiger partial charge in [-0.3, -0.25) is 4.68 Å². The van der Waals surface area contributed by atoms with Gasteiger partial charge in [0.05, 0.1) is 17.4 Å². The van der Waals surface area contributed by atoms with Gasteiger partial charge in [-0.1, -0.05) is 23.8 Å². The first-order valence-electron chi connectivity index (χ1n) is 12.4. The van der Waals surface area contributed by atoms with Crippen molar-refractivity contribution in [2.24, 2.45) is 17.8 Å². The van der Waals surface area contributed by atoms with Crippen LogP contribution in [0.1, 0.15) is 70.8 Å². The standard InChI is InChI=1S/C25H40N4O6/c1-16(2)7-8-17(3)25(5,33)21-11-19(9-10-24(21,4)34-6)35-23(32)28-12-18(13-28)14-29-15-20(22(30)31)26-27-29/h7,15,17-19,21,33H,8-14H2,1-6H3,(H,30,31)/t17?,19-,21+,24-,25+/m1/s1. The van der Waals surface area contributed by atoms with Gasteiger partial charge in [0, 0.05) is 38.6 Å². The molecule has 1 saturated carbocycles. The molecule has 1 aliphatic carbocycles. The summed E-state index contributed by atoms with van der Waals surface area (Å²) in [6, 6.07) is 0. The third-order valence-corrected chi connectivity index (χ3v) is 7.93. The Morgan fingerprint density at radius 3 is 2.63 bits per heavy atom. The Bertz CT molecular complexity index is 934. The van der Waals surface area contributed by atoms with Gasteiger partial charge in [0.2, 0.25) is 0 Å². The van der Waals surface area contributed by atoms with Crippen molar-refractivity contribution in [3.05, 3.63) is 23.5 Å². The Kier molecular flexibility index (Phi) is 8.26. The second-order valence-corrected chi connectivity index (χ2v) is 10.9. The number of carboxylic acid groups (broad SMARTS) is 1. The van der Waals surface area contributed by atoms with Crippen LogP contribution in [-0.2, 0) is 16.0 Å². The molecule has 0 radical (unpaired) electrons. The van der Waals surface area contributed by atoms with Gasteiger partial charge >= 0.3 is 12.1 Å². The van der Waals surface area contributed by atoms with Gasteiger partial charge in [0.25, 0.3) is 0 Å². The smallest absolute Gasteiger partial charge is 0.410 e. The lowest BCUT2D eigenvalue weighted by Gasteiger charge is -2.51. The van der Waals surface area contributed by atoms with Crippen molar-refractivity contribution in [3.8, 4) is 0 Å². The Morgan fingerprint density at radius 2 is 2.06 bits per heavy atom. The number of ether oxygens (including phenoxy) is 2. The molecule has 10 heteroatoms. The van der Waals surface area contributed by atoms with Crippen LogP contribution in [0.25, 0.3) is 0 Å². The van der Waals surface area contributed by atoms with Gasteiger partial charge in [0.15, 0.2) is 5.69 Å². The first-order chi connectivity index (χ1) is 16.4. The molecule has 1 aromatic heterocycles. The van der Waals surface area contributed by atoms with Crippen LogP contribution >= 0.6 is 0 Å². The molecule has 1 saturated heterocycles. The highest BCUT2D eigenvalue weighted by molar-refractivity contribution is 5.84. The first-order valence-corrected chi connectivity index (χ1v) is 12.4. The first kappa shape index (κ1) is 27.1. The van der Waals surface area contributed by atoms with E-state index >= 15 is 0 Å². The second-order valence-electron chi connectivity index (χ2n) is 10.9. The minimum atomic E-state index is -1.12. The number of allylic oxidation sites excluding steroid dienone is 2. The van der Waals surface area contributed by atoms with Gasteiger partial charge in [-0.2, -0.15) is 0 Å². The lowest BCUT2D eigenvalue weighted by Crippen LogP contribution is -2.57. The van der Waals surface area contributed by atoms with E-state index in [-0.39, 0.29) is 35.6 Å². The molecule has 10 nitrogen and oxygen atoms in total. The molecule has 1 aromatic rings. The number of amides is 1. The van der Waals surface area contributed by atoms with Crippen molar-refractivity contribution in [1.29, 1.82) is 0 Å². The van der Waals surface area contributed by atoms with E-state index in [0.29, 0.717) is 38.9 Å². The average molecular weight is 493 g/mol. The highest BCUT2D eigenvalue weighted by Gasteiger charge is 2.52. The summed E-state index contributed by atoms with van der Waals surface area (Å²) >= 11 is 0. The number of likely N-dealkylation sites (tertiary alicyclic amines) is 1. The molecule has 0 spiro atoms. The lowest BCUT2D eigenvalue weighted by atomic mass is 9.63. The highest BCUT2D eigenvalue weighted by Crippen LogP contribution is 2.46. The molecule has 196 valence electrons. The molecule has 2 heterocycles. The molecule has 1 amide bonds. The van der Waals surface area contributed by atoms with Crippen LogP contribution in [0.4, 0.5) is 4.79 Å². The van der Waals surface area contributed by atoms with E-state index < -0.39 is 17.2 Å². The fourth-order valence-electron chi connectivity index (χ4n) is 5.26. The van der Waals surface area contributed by atoms with Crippen molar-refractivity contribution in [3.63, 3.8) is 0 Å². The van der Waals surface area contributed by atoms with E-state index in [4.69, 9.17) is 14.6 Å². The molecule has 3 rings (SSSR count). The fourth-order valence-corrected chi connectivity index (χ4v) is 5.26. The topological polar surface area (TPSA) is 127 Å². The zero-order valence-electron chi connectivity index (χ0n) is 21.7. The molecular weight excluding hydrogens is 452 g/mol. The van der Waals surface area contributed by atoms with Gasteiger partial charge in [0.1, 0.15) is 6.10 Å². The number of rotatable bonds is 9. The Morgan fingerprint density at radius 1 is 1.37 bits per heavy atom.